The summed E-state index contributed by atoms with van der Waals surface area (Å²) in [6, 6.07) is 5.44. The Bertz CT molecular complexity index is 875. The summed E-state index contributed by atoms with van der Waals surface area (Å²) in [5, 5.41) is 10.1. The predicted molar refractivity (Wildman–Crippen MR) is 98.0 cm³/mol. The summed E-state index contributed by atoms with van der Waals surface area (Å²) in [4.78, 5) is 11.7. The van der Waals surface area contributed by atoms with Crippen molar-refractivity contribution < 1.29 is 13.2 Å². The number of nitrogens with zero attached hydrogens (tertiary/aromatic N) is 2. The second-order valence-corrected chi connectivity index (χ2v) is 9.09. The summed E-state index contributed by atoms with van der Waals surface area (Å²) >= 11 is 0.825. The van der Waals surface area contributed by atoms with Gasteiger partial charge in [-0.2, -0.15) is 0 Å². The Kier molecular flexibility index (Phi) is 5.91. The van der Waals surface area contributed by atoms with Gasteiger partial charge in [0, 0.05) is 12.0 Å². The molecule has 1 amide bonds. The highest BCUT2D eigenvalue weighted by atomic mass is 32.2. The number of benzene rings is 1. The van der Waals surface area contributed by atoms with Crippen molar-refractivity contribution in [2.45, 2.75) is 45.0 Å². The third-order valence-electron chi connectivity index (χ3n) is 3.61. The van der Waals surface area contributed by atoms with Crippen molar-refractivity contribution in [3.8, 4) is 0 Å². The molecule has 0 radical (unpaired) electrons. The number of rotatable bonds is 6. The number of hydrogen-bond acceptors (Lipinski definition) is 6. The van der Waals surface area contributed by atoms with Crippen LogP contribution in [0.15, 0.2) is 22.5 Å². The van der Waals surface area contributed by atoms with Gasteiger partial charge in [0.2, 0.25) is 15.4 Å². The summed E-state index contributed by atoms with van der Waals surface area (Å²) < 4.78 is 27.5. The molecule has 0 bridgehead atoms. The summed E-state index contributed by atoms with van der Waals surface area (Å²) in [5.41, 5.74) is 3.02. The normalized spacial score (nSPS) is 13.0. The number of sulfonamides is 1. The molecule has 0 saturated carbocycles. The molecule has 0 aliphatic carbocycles. The van der Waals surface area contributed by atoms with E-state index in [0.717, 1.165) is 28.0 Å². The molecule has 136 valence electrons. The first-order valence-corrected chi connectivity index (χ1v) is 10.1. The fourth-order valence-electron chi connectivity index (χ4n) is 2.28. The van der Waals surface area contributed by atoms with Gasteiger partial charge in [0.05, 0.1) is 0 Å². The van der Waals surface area contributed by atoms with Crippen molar-refractivity contribution in [1.82, 2.24) is 14.9 Å². The average molecular weight is 383 g/mol. The molecule has 2 N–H and O–H groups in total. The maximum atomic E-state index is 12.5. The SMILES string of the molecule is Cc1ccc([C@@H](C)NS(=O)(=O)c2nnc(NC(=O)C(C)C)s2)c(C)c1. The van der Waals surface area contributed by atoms with Gasteiger partial charge in [-0.05, 0) is 31.9 Å². The van der Waals surface area contributed by atoms with Crippen LogP contribution < -0.4 is 10.0 Å². The summed E-state index contributed by atoms with van der Waals surface area (Å²) in [5.74, 6) is -0.469. The smallest absolute Gasteiger partial charge is 0.270 e. The molecule has 2 aromatic rings. The van der Waals surface area contributed by atoms with Crippen LogP contribution in [-0.2, 0) is 14.8 Å². The Balaban J connectivity index is 2.16. The van der Waals surface area contributed by atoms with E-state index in [4.69, 9.17) is 0 Å². The number of hydrogen-bond donors (Lipinski definition) is 2. The Morgan fingerprint density at radius 2 is 1.84 bits per heavy atom. The van der Waals surface area contributed by atoms with Crippen molar-refractivity contribution in [1.29, 1.82) is 0 Å². The van der Waals surface area contributed by atoms with Gasteiger partial charge in [0.25, 0.3) is 10.0 Å². The molecule has 7 nitrogen and oxygen atoms in total. The predicted octanol–water partition coefficient (Wildman–Crippen LogP) is 2.79. The molecule has 0 aliphatic rings. The number of amides is 1. The van der Waals surface area contributed by atoms with Gasteiger partial charge in [0.15, 0.2) is 0 Å². The molecule has 0 fully saturated rings. The van der Waals surface area contributed by atoms with Gasteiger partial charge < -0.3 is 5.32 Å². The lowest BCUT2D eigenvalue weighted by atomic mass is 10.0. The van der Waals surface area contributed by atoms with Crippen LogP contribution in [0.4, 0.5) is 5.13 Å². The molecular formula is C16H22N4O3S2. The Hall–Kier alpha value is -1.84. The van der Waals surface area contributed by atoms with Crippen molar-refractivity contribution in [3.05, 3.63) is 34.9 Å². The topological polar surface area (TPSA) is 101 Å². The zero-order chi connectivity index (χ0) is 18.8. The first kappa shape index (κ1) is 19.5. The highest BCUT2D eigenvalue weighted by Crippen LogP contribution is 2.24. The molecular weight excluding hydrogens is 360 g/mol. The van der Waals surface area contributed by atoms with Gasteiger partial charge in [-0.1, -0.05) is 48.9 Å². The third kappa shape index (κ3) is 4.83. The van der Waals surface area contributed by atoms with Crippen molar-refractivity contribution >= 4 is 32.4 Å². The largest absolute Gasteiger partial charge is 0.300 e. The Morgan fingerprint density at radius 1 is 1.16 bits per heavy atom. The van der Waals surface area contributed by atoms with E-state index < -0.39 is 16.1 Å². The molecule has 1 aromatic carbocycles. The molecule has 25 heavy (non-hydrogen) atoms. The minimum absolute atomic E-state index is 0.165. The number of aryl methyl sites for hydroxylation is 2. The second kappa shape index (κ2) is 7.59. The quantitative estimate of drug-likeness (QED) is 0.748. The molecule has 1 aromatic heterocycles. The highest BCUT2D eigenvalue weighted by molar-refractivity contribution is 7.91. The third-order valence-corrected chi connectivity index (χ3v) is 6.36. The molecule has 0 saturated heterocycles. The maximum Gasteiger partial charge on any atom is 0.270 e. The number of anilines is 1. The van der Waals surface area contributed by atoms with Crippen molar-refractivity contribution in [2.24, 2.45) is 5.92 Å². The van der Waals surface area contributed by atoms with E-state index in [0.29, 0.717) is 0 Å². The summed E-state index contributed by atoms with van der Waals surface area (Å²) in [7, 11) is -3.83. The second-order valence-electron chi connectivity index (χ2n) is 6.22. The molecule has 1 heterocycles. The van der Waals surface area contributed by atoms with Crippen LogP contribution in [0.25, 0.3) is 0 Å². The first-order chi connectivity index (χ1) is 11.6. The van der Waals surface area contributed by atoms with Gasteiger partial charge in [-0.15, -0.1) is 10.2 Å². The van der Waals surface area contributed by atoms with Crippen molar-refractivity contribution in [2.75, 3.05) is 5.32 Å². The first-order valence-electron chi connectivity index (χ1n) is 7.84. The zero-order valence-electron chi connectivity index (χ0n) is 14.8. The molecule has 1 atom stereocenters. The maximum absolute atomic E-state index is 12.5. The fraction of sp³-hybridized carbons (Fsp3) is 0.438. The summed E-state index contributed by atoms with van der Waals surface area (Å²) in [6.07, 6.45) is 0. The van der Waals surface area contributed by atoms with Gasteiger partial charge in [-0.25, -0.2) is 13.1 Å². The number of carbonyl (C=O) groups is 1. The van der Waals surface area contributed by atoms with E-state index in [2.05, 4.69) is 20.2 Å². The standard InChI is InChI=1S/C16H22N4O3S2/c1-9(2)14(21)17-15-18-19-16(24-15)25(22,23)20-12(5)13-7-6-10(3)8-11(13)4/h6-9,12,20H,1-5H3,(H,17,18,21)/t12-/m1/s1. The molecule has 0 spiro atoms. The van der Waals surface area contributed by atoms with E-state index in [-0.39, 0.29) is 21.3 Å². The molecule has 0 unspecified atom stereocenters. The minimum Gasteiger partial charge on any atom is -0.300 e. The summed E-state index contributed by atoms with van der Waals surface area (Å²) in [6.45, 7) is 9.18. The molecule has 9 heteroatoms. The number of nitrogens with one attached hydrogen (secondary N) is 2. The van der Waals surface area contributed by atoms with E-state index >= 15 is 0 Å². The minimum atomic E-state index is -3.83. The highest BCUT2D eigenvalue weighted by Gasteiger charge is 2.24. The van der Waals surface area contributed by atoms with Crippen LogP contribution in [0, 0.1) is 19.8 Å². The monoisotopic (exact) mass is 382 g/mol. The van der Waals surface area contributed by atoms with Crippen LogP contribution >= 0.6 is 11.3 Å². The van der Waals surface area contributed by atoms with Crippen LogP contribution in [-0.4, -0.2) is 24.5 Å². The van der Waals surface area contributed by atoms with Crippen LogP contribution in [0.2, 0.25) is 0 Å². The average Bonchev–Trinajstić information content (AvgIpc) is 2.95. The zero-order valence-corrected chi connectivity index (χ0v) is 16.5. The fourth-order valence-corrected chi connectivity index (χ4v) is 4.42. The number of carbonyl (C=O) groups excluding carboxylic acids is 1. The van der Waals surface area contributed by atoms with Gasteiger partial charge in [-0.3, -0.25) is 4.79 Å². The lowest BCUT2D eigenvalue weighted by Crippen LogP contribution is -2.27. The van der Waals surface area contributed by atoms with E-state index in [1.54, 1.807) is 20.8 Å². The number of aromatic nitrogens is 2. The molecule has 2 rings (SSSR count). The van der Waals surface area contributed by atoms with Gasteiger partial charge >= 0.3 is 0 Å². The lowest BCUT2D eigenvalue weighted by molar-refractivity contribution is -0.118. The van der Waals surface area contributed by atoms with Crippen LogP contribution in [0.1, 0.15) is 43.5 Å². The Morgan fingerprint density at radius 3 is 2.44 bits per heavy atom. The lowest BCUT2D eigenvalue weighted by Gasteiger charge is -2.16. The van der Waals surface area contributed by atoms with E-state index in [1.165, 1.54) is 0 Å². The van der Waals surface area contributed by atoms with Crippen LogP contribution in [0.5, 0.6) is 0 Å². The molecule has 0 aliphatic heterocycles. The van der Waals surface area contributed by atoms with Gasteiger partial charge in [0.1, 0.15) is 0 Å². The van der Waals surface area contributed by atoms with E-state index in [9.17, 15) is 13.2 Å². The van der Waals surface area contributed by atoms with Crippen LogP contribution in [0.3, 0.4) is 0 Å². The van der Waals surface area contributed by atoms with Crippen molar-refractivity contribution in [3.63, 3.8) is 0 Å². The van der Waals surface area contributed by atoms with E-state index in [1.807, 2.05) is 32.0 Å². The Labute approximate surface area is 151 Å².